The molecule has 0 fully saturated rings. The zero-order chi connectivity index (χ0) is 15.1. The molecule has 1 aromatic rings. The summed E-state index contributed by atoms with van der Waals surface area (Å²) in [5.74, 6) is 1.70. The van der Waals surface area contributed by atoms with Crippen molar-refractivity contribution in [3.63, 3.8) is 0 Å². The van der Waals surface area contributed by atoms with E-state index in [0.717, 1.165) is 12.2 Å². The predicted molar refractivity (Wildman–Crippen MR) is 89.3 cm³/mol. The maximum atomic E-state index is 12.8. The third-order valence-electron chi connectivity index (χ3n) is 3.90. The van der Waals surface area contributed by atoms with Crippen molar-refractivity contribution in [2.24, 2.45) is 11.8 Å². The molecule has 0 spiro atoms. The highest BCUT2D eigenvalue weighted by atomic mass is 32.2. The standard InChI is InChI=1S/C17H29NOS/c1-6-14(4)12-20(19)17(13(2)3)16(18-5)15-10-8-7-9-11-15/h7-11,13-14,16-18H,6,12H2,1-5H3. The van der Waals surface area contributed by atoms with E-state index in [-0.39, 0.29) is 11.3 Å². The van der Waals surface area contributed by atoms with Gasteiger partial charge in [-0.25, -0.2) is 0 Å². The minimum absolute atomic E-state index is 0.149. The molecule has 0 bridgehead atoms. The van der Waals surface area contributed by atoms with Gasteiger partial charge in [-0.15, -0.1) is 0 Å². The van der Waals surface area contributed by atoms with Crippen molar-refractivity contribution in [2.75, 3.05) is 12.8 Å². The first-order valence-electron chi connectivity index (χ1n) is 7.60. The quantitative estimate of drug-likeness (QED) is 0.791. The van der Waals surface area contributed by atoms with Gasteiger partial charge in [-0.3, -0.25) is 4.21 Å². The van der Waals surface area contributed by atoms with Crippen LogP contribution in [-0.4, -0.2) is 22.3 Å². The van der Waals surface area contributed by atoms with Gasteiger partial charge in [0.15, 0.2) is 0 Å². The molecule has 0 radical (unpaired) electrons. The largest absolute Gasteiger partial charge is 0.312 e. The van der Waals surface area contributed by atoms with Gasteiger partial charge in [0.2, 0.25) is 0 Å². The van der Waals surface area contributed by atoms with E-state index in [2.05, 4.69) is 57.3 Å². The molecule has 2 nitrogen and oxygen atoms in total. The van der Waals surface area contributed by atoms with E-state index < -0.39 is 10.8 Å². The van der Waals surface area contributed by atoms with Crippen molar-refractivity contribution in [1.29, 1.82) is 0 Å². The fourth-order valence-corrected chi connectivity index (χ4v) is 4.75. The molecule has 0 saturated carbocycles. The Morgan fingerprint density at radius 2 is 1.75 bits per heavy atom. The Bertz CT molecular complexity index is 405. The Kier molecular flexibility index (Phi) is 7.46. The van der Waals surface area contributed by atoms with Gasteiger partial charge in [0.25, 0.3) is 0 Å². The van der Waals surface area contributed by atoms with Crippen LogP contribution in [0.15, 0.2) is 30.3 Å². The lowest BCUT2D eigenvalue weighted by molar-refractivity contribution is 0.457. The summed E-state index contributed by atoms with van der Waals surface area (Å²) >= 11 is 0. The normalized spacial score (nSPS) is 17.7. The monoisotopic (exact) mass is 295 g/mol. The third kappa shape index (κ3) is 4.71. The first-order valence-corrected chi connectivity index (χ1v) is 8.98. The molecule has 0 aliphatic heterocycles. The molecule has 0 amide bonds. The SMILES string of the molecule is CCC(C)CS(=O)C(C(C)C)C(NC)c1ccccc1. The van der Waals surface area contributed by atoms with Crippen LogP contribution in [0.4, 0.5) is 0 Å². The van der Waals surface area contributed by atoms with Gasteiger partial charge in [-0.05, 0) is 24.4 Å². The van der Waals surface area contributed by atoms with E-state index >= 15 is 0 Å². The summed E-state index contributed by atoms with van der Waals surface area (Å²) in [6, 6.07) is 10.5. The summed E-state index contributed by atoms with van der Waals surface area (Å²) in [4.78, 5) is 0. The molecule has 1 N–H and O–H groups in total. The van der Waals surface area contributed by atoms with Crippen molar-refractivity contribution in [1.82, 2.24) is 5.32 Å². The van der Waals surface area contributed by atoms with Crippen LogP contribution in [0.3, 0.4) is 0 Å². The molecule has 0 saturated heterocycles. The van der Waals surface area contributed by atoms with Crippen molar-refractivity contribution in [2.45, 2.75) is 45.4 Å². The smallest absolute Gasteiger partial charge is 0.0565 e. The summed E-state index contributed by atoms with van der Waals surface area (Å²) < 4.78 is 12.8. The van der Waals surface area contributed by atoms with Gasteiger partial charge in [0.1, 0.15) is 0 Å². The maximum Gasteiger partial charge on any atom is 0.0565 e. The summed E-state index contributed by atoms with van der Waals surface area (Å²) in [6.07, 6.45) is 1.09. The number of hydrogen-bond acceptors (Lipinski definition) is 2. The number of nitrogens with one attached hydrogen (secondary N) is 1. The fourth-order valence-electron chi connectivity index (χ4n) is 2.53. The minimum atomic E-state index is -0.811. The van der Waals surface area contributed by atoms with Gasteiger partial charge in [0, 0.05) is 22.6 Å². The minimum Gasteiger partial charge on any atom is -0.312 e. The summed E-state index contributed by atoms with van der Waals surface area (Å²) in [7, 11) is 1.15. The number of benzene rings is 1. The van der Waals surface area contributed by atoms with Gasteiger partial charge in [-0.2, -0.15) is 0 Å². The highest BCUT2D eigenvalue weighted by molar-refractivity contribution is 7.85. The van der Waals surface area contributed by atoms with Crippen LogP contribution in [0.2, 0.25) is 0 Å². The molecule has 4 unspecified atom stereocenters. The molecule has 20 heavy (non-hydrogen) atoms. The Hall–Kier alpha value is -0.670. The van der Waals surface area contributed by atoms with Crippen LogP contribution in [-0.2, 0) is 10.8 Å². The Morgan fingerprint density at radius 1 is 1.15 bits per heavy atom. The average molecular weight is 295 g/mol. The molecule has 1 aromatic carbocycles. The number of hydrogen-bond donors (Lipinski definition) is 1. The molecule has 114 valence electrons. The van der Waals surface area contributed by atoms with Gasteiger partial charge in [0.05, 0.1) is 5.25 Å². The molecule has 1 rings (SSSR count). The lowest BCUT2D eigenvalue weighted by Crippen LogP contribution is -2.38. The van der Waals surface area contributed by atoms with Crippen molar-refractivity contribution >= 4 is 10.8 Å². The second-order valence-corrected chi connectivity index (χ2v) is 7.59. The molecule has 0 heterocycles. The Morgan fingerprint density at radius 3 is 2.20 bits per heavy atom. The molecule has 0 aromatic heterocycles. The van der Waals surface area contributed by atoms with E-state index in [4.69, 9.17) is 0 Å². The van der Waals surface area contributed by atoms with Crippen molar-refractivity contribution < 1.29 is 4.21 Å². The molecule has 4 atom stereocenters. The number of rotatable bonds is 8. The van der Waals surface area contributed by atoms with Crippen LogP contribution in [0, 0.1) is 11.8 Å². The molecule has 0 aliphatic carbocycles. The highest BCUT2D eigenvalue weighted by Gasteiger charge is 2.30. The van der Waals surface area contributed by atoms with Crippen LogP contribution in [0.25, 0.3) is 0 Å². The van der Waals surface area contributed by atoms with E-state index in [1.165, 1.54) is 5.56 Å². The third-order valence-corrected chi connectivity index (χ3v) is 6.23. The summed E-state index contributed by atoms with van der Waals surface area (Å²) in [5, 5.41) is 3.53. The van der Waals surface area contributed by atoms with Crippen LogP contribution < -0.4 is 5.32 Å². The topological polar surface area (TPSA) is 29.1 Å². The average Bonchev–Trinajstić information content (AvgIpc) is 2.44. The predicted octanol–water partition coefficient (Wildman–Crippen LogP) is 3.77. The lowest BCUT2D eigenvalue weighted by Gasteiger charge is -2.30. The second kappa shape index (κ2) is 8.58. The first-order chi connectivity index (χ1) is 9.51. The van der Waals surface area contributed by atoms with Crippen molar-refractivity contribution in [3.05, 3.63) is 35.9 Å². The zero-order valence-electron chi connectivity index (χ0n) is 13.4. The molecular formula is C17H29NOS. The Labute approximate surface area is 126 Å². The van der Waals surface area contributed by atoms with E-state index in [1.807, 2.05) is 13.1 Å². The van der Waals surface area contributed by atoms with Crippen molar-refractivity contribution in [3.8, 4) is 0 Å². The second-order valence-electron chi connectivity index (χ2n) is 5.95. The van der Waals surface area contributed by atoms with Crippen LogP contribution >= 0.6 is 0 Å². The molecule has 0 aliphatic rings. The summed E-state index contributed by atoms with van der Waals surface area (Å²) in [5.41, 5.74) is 1.23. The fraction of sp³-hybridized carbons (Fsp3) is 0.647. The van der Waals surface area contributed by atoms with Crippen LogP contribution in [0.5, 0.6) is 0 Å². The highest BCUT2D eigenvalue weighted by Crippen LogP contribution is 2.27. The first kappa shape index (κ1) is 17.4. The lowest BCUT2D eigenvalue weighted by atomic mass is 9.96. The van der Waals surface area contributed by atoms with E-state index in [1.54, 1.807) is 0 Å². The molecular weight excluding hydrogens is 266 g/mol. The van der Waals surface area contributed by atoms with E-state index in [9.17, 15) is 4.21 Å². The van der Waals surface area contributed by atoms with Crippen LogP contribution in [0.1, 0.15) is 45.7 Å². The Balaban J connectivity index is 2.96. The zero-order valence-corrected chi connectivity index (χ0v) is 14.2. The van der Waals surface area contributed by atoms with Gasteiger partial charge >= 0.3 is 0 Å². The van der Waals surface area contributed by atoms with Gasteiger partial charge in [-0.1, -0.05) is 64.4 Å². The molecule has 3 heteroatoms. The van der Waals surface area contributed by atoms with E-state index in [0.29, 0.717) is 11.8 Å². The van der Waals surface area contributed by atoms with Gasteiger partial charge < -0.3 is 5.32 Å². The maximum absolute atomic E-state index is 12.8. The summed E-state index contributed by atoms with van der Waals surface area (Å²) in [6.45, 7) is 8.70.